The number of anilines is 1. The van der Waals surface area contributed by atoms with Crippen molar-refractivity contribution in [2.24, 2.45) is 5.92 Å². The fourth-order valence-corrected chi connectivity index (χ4v) is 5.20. The Labute approximate surface area is 210 Å². The second-order valence-electron chi connectivity index (χ2n) is 8.44. The van der Waals surface area contributed by atoms with Gasteiger partial charge in [-0.15, -0.1) is 0 Å². The van der Waals surface area contributed by atoms with E-state index in [9.17, 15) is 5.11 Å². The smallest absolute Gasteiger partial charge is 0.181 e. The molecule has 0 aliphatic carbocycles. The van der Waals surface area contributed by atoms with Gasteiger partial charge in [0.15, 0.2) is 6.35 Å². The highest BCUT2D eigenvalue weighted by Crippen LogP contribution is 2.32. The standard InChI is InChI=1S/C26H28Cl3N3O/c27-21-3-1-2-20(12-21)17-4-6-18(7-5-17)25(19-8-10-30-11-9-19)16-31-26(33)32-24-14-22(28)13-23(29)15-24/h1-7,12-15,19,25-26,30-33H,8-11,16H2. The van der Waals surface area contributed by atoms with Crippen molar-refractivity contribution in [2.75, 3.05) is 25.0 Å². The summed E-state index contributed by atoms with van der Waals surface area (Å²) in [5.41, 5.74) is 4.16. The molecule has 3 aromatic carbocycles. The zero-order valence-corrected chi connectivity index (χ0v) is 20.5. The highest BCUT2D eigenvalue weighted by Gasteiger charge is 2.25. The predicted molar refractivity (Wildman–Crippen MR) is 139 cm³/mol. The molecular formula is C26H28Cl3N3O. The van der Waals surface area contributed by atoms with Crippen molar-refractivity contribution >= 4 is 40.5 Å². The molecule has 4 nitrogen and oxygen atoms in total. The van der Waals surface area contributed by atoms with Gasteiger partial charge in [-0.3, -0.25) is 5.32 Å². The minimum absolute atomic E-state index is 0.278. The van der Waals surface area contributed by atoms with Gasteiger partial charge in [0.25, 0.3) is 0 Å². The number of halogens is 3. The van der Waals surface area contributed by atoms with Gasteiger partial charge >= 0.3 is 0 Å². The normalized spacial score (nSPS) is 16.4. The molecule has 0 radical (unpaired) electrons. The van der Waals surface area contributed by atoms with Crippen LogP contribution in [0.15, 0.2) is 66.7 Å². The van der Waals surface area contributed by atoms with Crippen molar-refractivity contribution < 1.29 is 5.11 Å². The number of benzene rings is 3. The molecule has 4 rings (SSSR count). The first-order valence-corrected chi connectivity index (χ1v) is 12.3. The van der Waals surface area contributed by atoms with E-state index in [0.717, 1.165) is 42.1 Å². The Morgan fingerprint density at radius 1 is 0.848 bits per heavy atom. The van der Waals surface area contributed by atoms with Crippen molar-refractivity contribution in [1.82, 2.24) is 10.6 Å². The monoisotopic (exact) mass is 503 g/mol. The van der Waals surface area contributed by atoms with Crippen LogP contribution in [0, 0.1) is 5.92 Å². The van der Waals surface area contributed by atoms with Crippen molar-refractivity contribution in [2.45, 2.75) is 25.1 Å². The second kappa shape index (κ2) is 11.6. The Bertz CT molecular complexity index is 1030. The van der Waals surface area contributed by atoms with Crippen LogP contribution in [0.25, 0.3) is 11.1 Å². The Kier molecular flexibility index (Phi) is 8.53. The van der Waals surface area contributed by atoms with Crippen LogP contribution in [-0.2, 0) is 0 Å². The molecule has 0 aromatic heterocycles. The number of rotatable bonds is 8. The molecule has 1 fully saturated rings. The molecule has 2 atom stereocenters. The Hall–Kier alpha value is -1.79. The van der Waals surface area contributed by atoms with E-state index in [1.54, 1.807) is 18.2 Å². The minimum Gasteiger partial charge on any atom is -0.361 e. The van der Waals surface area contributed by atoms with Crippen molar-refractivity contribution in [3.63, 3.8) is 0 Å². The lowest BCUT2D eigenvalue weighted by Crippen LogP contribution is -2.41. The van der Waals surface area contributed by atoms with Gasteiger partial charge in [-0.25, -0.2) is 0 Å². The molecule has 0 amide bonds. The van der Waals surface area contributed by atoms with Crippen LogP contribution in [0.3, 0.4) is 0 Å². The summed E-state index contributed by atoms with van der Waals surface area (Å²) in [5, 5.41) is 22.0. The molecule has 7 heteroatoms. The SMILES string of the molecule is OC(NCC(c1ccc(-c2cccc(Cl)c2)cc1)C1CCNCC1)Nc1cc(Cl)cc(Cl)c1. The molecule has 0 spiro atoms. The maximum Gasteiger partial charge on any atom is 0.181 e. The molecular weight excluding hydrogens is 477 g/mol. The van der Waals surface area contributed by atoms with E-state index in [1.807, 2.05) is 18.2 Å². The molecule has 4 N–H and O–H groups in total. The summed E-state index contributed by atoms with van der Waals surface area (Å²) in [4.78, 5) is 0. The fraction of sp³-hybridized carbons (Fsp3) is 0.308. The summed E-state index contributed by atoms with van der Waals surface area (Å²) in [5.74, 6) is 0.809. The summed E-state index contributed by atoms with van der Waals surface area (Å²) >= 11 is 18.3. The molecule has 174 valence electrons. The number of aliphatic hydroxyl groups is 1. The topological polar surface area (TPSA) is 56.3 Å². The third kappa shape index (κ3) is 6.86. The van der Waals surface area contributed by atoms with E-state index in [1.165, 1.54) is 5.56 Å². The van der Waals surface area contributed by atoms with Gasteiger partial charge in [-0.2, -0.15) is 0 Å². The number of hydrogen-bond donors (Lipinski definition) is 4. The van der Waals surface area contributed by atoms with E-state index in [-0.39, 0.29) is 5.92 Å². The van der Waals surface area contributed by atoms with Crippen molar-refractivity contribution in [3.8, 4) is 11.1 Å². The molecule has 1 aliphatic heterocycles. The van der Waals surface area contributed by atoms with E-state index in [2.05, 4.69) is 46.3 Å². The molecule has 0 bridgehead atoms. The summed E-state index contributed by atoms with van der Waals surface area (Å²) in [6, 6.07) is 21.7. The van der Waals surface area contributed by atoms with Crippen LogP contribution in [0.5, 0.6) is 0 Å². The summed E-state index contributed by atoms with van der Waals surface area (Å²) < 4.78 is 0. The molecule has 2 unspecified atom stereocenters. The Morgan fingerprint density at radius 2 is 1.55 bits per heavy atom. The number of aliphatic hydroxyl groups excluding tert-OH is 1. The Morgan fingerprint density at radius 3 is 2.21 bits per heavy atom. The number of piperidine rings is 1. The fourth-order valence-electron chi connectivity index (χ4n) is 4.48. The maximum absolute atomic E-state index is 10.6. The largest absolute Gasteiger partial charge is 0.361 e. The maximum atomic E-state index is 10.6. The number of nitrogens with one attached hydrogen (secondary N) is 3. The first-order valence-electron chi connectivity index (χ1n) is 11.2. The second-order valence-corrected chi connectivity index (χ2v) is 9.75. The summed E-state index contributed by atoms with van der Waals surface area (Å²) in [6.07, 6.45) is 1.29. The van der Waals surface area contributed by atoms with Gasteiger partial charge in [0.2, 0.25) is 0 Å². The number of hydrogen-bond acceptors (Lipinski definition) is 4. The van der Waals surface area contributed by atoms with E-state index in [0.29, 0.717) is 28.2 Å². The van der Waals surface area contributed by atoms with Crippen LogP contribution in [-0.4, -0.2) is 31.1 Å². The van der Waals surface area contributed by atoms with Crippen molar-refractivity contribution in [1.29, 1.82) is 0 Å². The third-order valence-corrected chi connectivity index (χ3v) is 6.82. The van der Waals surface area contributed by atoms with Crippen LogP contribution in [0.1, 0.15) is 24.3 Å². The van der Waals surface area contributed by atoms with E-state index in [4.69, 9.17) is 34.8 Å². The van der Waals surface area contributed by atoms with Gasteiger partial charge < -0.3 is 15.7 Å². The minimum atomic E-state index is -0.922. The quantitative estimate of drug-likeness (QED) is 0.269. The van der Waals surface area contributed by atoms with Gasteiger partial charge in [0.05, 0.1) is 0 Å². The van der Waals surface area contributed by atoms with E-state index >= 15 is 0 Å². The van der Waals surface area contributed by atoms with Gasteiger partial charge in [0, 0.05) is 27.3 Å². The zero-order valence-electron chi connectivity index (χ0n) is 18.2. The van der Waals surface area contributed by atoms with Crippen molar-refractivity contribution in [3.05, 3.63) is 87.4 Å². The lowest BCUT2D eigenvalue weighted by atomic mass is 9.80. The molecule has 33 heavy (non-hydrogen) atoms. The highest BCUT2D eigenvalue weighted by molar-refractivity contribution is 6.35. The Balaban J connectivity index is 1.47. The molecule has 1 saturated heterocycles. The van der Waals surface area contributed by atoms with Gasteiger partial charge in [-0.05, 0) is 84.8 Å². The zero-order chi connectivity index (χ0) is 23.2. The highest BCUT2D eigenvalue weighted by atomic mass is 35.5. The van der Waals surface area contributed by atoms with Crippen LogP contribution in [0.4, 0.5) is 5.69 Å². The average Bonchev–Trinajstić information content (AvgIpc) is 2.80. The summed E-state index contributed by atoms with van der Waals surface area (Å²) in [7, 11) is 0. The van der Waals surface area contributed by atoms with Crippen LogP contribution in [0.2, 0.25) is 15.1 Å². The van der Waals surface area contributed by atoms with Gasteiger partial charge in [0.1, 0.15) is 0 Å². The predicted octanol–water partition coefficient (Wildman–Crippen LogP) is 6.37. The first kappa shape index (κ1) is 24.3. The van der Waals surface area contributed by atoms with Gasteiger partial charge in [-0.1, -0.05) is 71.2 Å². The first-order chi connectivity index (χ1) is 16.0. The van der Waals surface area contributed by atoms with Crippen LogP contribution < -0.4 is 16.0 Å². The molecule has 0 saturated carbocycles. The van der Waals surface area contributed by atoms with E-state index < -0.39 is 6.35 Å². The molecule has 3 aromatic rings. The van der Waals surface area contributed by atoms with Crippen LogP contribution >= 0.6 is 34.8 Å². The average molecular weight is 505 g/mol. The third-order valence-electron chi connectivity index (χ3n) is 6.15. The molecule has 1 aliphatic rings. The molecule has 1 heterocycles. The lowest BCUT2D eigenvalue weighted by Gasteiger charge is -2.32. The lowest BCUT2D eigenvalue weighted by molar-refractivity contribution is 0.156. The summed E-state index contributed by atoms with van der Waals surface area (Å²) in [6.45, 7) is 2.68.